The molecule has 0 saturated carbocycles. The average Bonchev–Trinajstić information content (AvgIpc) is 3.10. The van der Waals surface area contributed by atoms with E-state index in [-0.39, 0.29) is 11.8 Å². The van der Waals surface area contributed by atoms with Crippen molar-refractivity contribution in [3.8, 4) is 0 Å². The first-order valence-electron chi connectivity index (χ1n) is 15.3. The summed E-state index contributed by atoms with van der Waals surface area (Å²) in [6.07, 6.45) is 0. The van der Waals surface area contributed by atoms with E-state index >= 15 is 0 Å². The van der Waals surface area contributed by atoms with Crippen molar-refractivity contribution in [1.82, 2.24) is 9.80 Å². The molecule has 242 valence electrons. The molecule has 0 unspecified atom stereocenters. The molecule has 0 spiro atoms. The fourth-order valence-electron chi connectivity index (χ4n) is 4.44. The van der Waals surface area contributed by atoms with E-state index in [2.05, 4.69) is 21.3 Å². The maximum absolute atomic E-state index is 12.9. The summed E-state index contributed by atoms with van der Waals surface area (Å²) in [7, 11) is 7.66. The zero-order chi connectivity index (χ0) is 33.9. The van der Waals surface area contributed by atoms with Crippen LogP contribution in [0.25, 0.3) is 0 Å². The average molecular weight is 639 g/mol. The van der Waals surface area contributed by atoms with Gasteiger partial charge in [0, 0.05) is 62.1 Å². The Kier molecular flexibility index (Phi) is 10.8. The van der Waals surface area contributed by atoms with E-state index in [0.29, 0.717) is 34.4 Å². The first-order valence-corrected chi connectivity index (χ1v) is 15.3. The number of nitrogens with one attached hydrogen (secondary N) is 4. The molecule has 0 aliphatic rings. The molecule has 0 fully saturated rings. The number of nitrogens with zero attached hydrogens (tertiary/aromatic N) is 4. The van der Waals surface area contributed by atoms with E-state index in [9.17, 15) is 9.59 Å². The molecule has 10 nitrogen and oxygen atoms in total. The zero-order valence-corrected chi connectivity index (χ0v) is 27.3. The number of para-hydroxylation sites is 2. The van der Waals surface area contributed by atoms with Crippen LogP contribution < -0.4 is 21.3 Å². The van der Waals surface area contributed by atoms with Crippen LogP contribution in [-0.4, -0.2) is 61.7 Å². The van der Waals surface area contributed by atoms with Crippen LogP contribution in [0.2, 0.25) is 0 Å². The van der Waals surface area contributed by atoms with Gasteiger partial charge in [-0.1, -0.05) is 36.4 Å². The third-order valence-electron chi connectivity index (χ3n) is 7.04. The second kappa shape index (κ2) is 15.7. The van der Waals surface area contributed by atoms with Crippen molar-refractivity contribution in [3.05, 3.63) is 145 Å². The fraction of sp³-hybridized carbons (Fsp3) is 0.105. The van der Waals surface area contributed by atoms with Gasteiger partial charge in [-0.3, -0.25) is 9.59 Å². The molecule has 5 aromatic carbocycles. The van der Waals surface area contributed by atoms with Crippen molar-refractivity contribution in [1.29, 1.82) is 0 Å². The van der Waals surface area contributed by atoms with Crippen LogP contribution in [0, 0.1) is 0 Å². The molecule has 48 heavy (non-hydrogen) atoms. The summed E-state index contributed by atoms with van der Waals surface area (Å²) >= 11 is 0. The molecular weight excluding hydrogens is 600 g/mol. The Bertz CT molecular complexity index is 1730. The molecule has 0 bridgehead atoms. The Hall–Kier alpha value is -6.42. The second-order valence-corrected chi connectivity index (χ2v) is 11.2. The molecule has 0 aliphatic carbocycles. The molecule has 5 rings (SSSR count). The Morgan fingerprint density at radius 3 is 1.04 bits per heavy atom. The number of carbonyl (C=O) groups is 2. The van der Waals surface area contributed by atoms with Gasteiger partial charge in [-0.05, 0) is 97.1 Å². The van der Waals surface area contributed by atoms with Crippen LogP contribution in [-0.2, 0) is 0 Å². The molecule has 2 amide bonds. The van der Waals surface area contributed by atoms with Crippen molar-refractivity contribution in [2.45, 2.75) is 0 Å². The number of rotatable bonds is 8. The van der Waals surface area contributed by atoms with Gasteiger partial charge >= 0.3 is 0 Å². The molecule has 0 aliphatic heterocycles. The first-order chi connectivity index (χ1) is 23.2. The third kappa shape index (κ3) is 9.30. The lowest BCUT2D eigenvalue weighted by Gasteiger charge is -2.17. The zero-order valence-electron chi connectivity index (χ0n) is 27.3. The molecule has 0 heterocycles. The number of hydrogen-bond donors (Lipinski definition) is 4. The van der Waals surface area contributed by atoms with Crippen LogP contribution >= 0.6 is 0 Å². The summed E-state index contributed by atoms with van der Waals surface area (Å²) in [4.78, 5) is 39.0. The maximum Gasteiger partial charge on any atom is 0.255 e. The Morgan fingerprint density at radius 2 is 0.729 bits per heavy atom. The molecule has 10 heteroatoms. The highest BCUT2D eigenvalue weighted by Crippen LogP contribution is 2.20. The lowest BCUT2D eigenvalue weighted by atomic mass is 10.1. The Morgan fingerprint density at radius 1 is 0.417 bits per heavy atom. The van der Waals surface area contributed by atoms with E-state index in [1.807, 2.05) is 123 Å². The Labute approximate surface area is 280 Å². The molecule has 0 atom stereocenters. The second-order valence-electron chi connectivity index (χ2n) is 11.2. The van der Waals surface area contributed by atoms with Gasteiger partial charge in [0.2, 0.25) is 11.9 Å². The number of carbonyl (C=O) groups excluding carboxylic acids is 2. The number of aliphatic imine (C=N–C) groups is 2. The van der Waals surface area contributed by atoms with Gasteiger partial charge in [0.25, 0.3) is 11.8 Å². The smallest absolute Gasteiger partial charge is 0.255 e. The van der Waals surface area contributed by atoms with Gasteiger partial charge in [0.05, 0.1) is 11.4 Å². The van der Waals surface area contributed by atoms with Gasteiger partial charge in [-0.25, -0.2) is 9.98 Å². The topological polar surface area (TPSA) is 113 Å². The number of anilines is 4. The van der Waals surface area contributed by atoms with Crippen molar-refractivity contribution < 1.29 is 9.59 Å². The van der Waals surface area contributed by atoms with Crippen LogP contribution in [0.5, 0.6) is 0 Å². The third-order valence-corrected chi connectivity index (χ3v) is 7.04. The van der Waals surface area contributed by atoms with Crippen LogP contribution in [0.3, 0.4) is 0 Å². The van der Waals surface area contributed by atoms with Gasteiger partial charge in [-0.15, -0.1) is 0 Å². The number of guanidine groups is 2. The Balaban J connectivity index is 1.16. The van der Waals surface area contributed by atoms with Crippen LogP contribution in [0.1, 0.15) is 20.7 Å². The summed E-state index contributed by atoms with van der Waals surface area (Å²) in [5.74, 6) is 0.791. The van der Waals surface area contributed by atoms with Crippen LogP contribution in [0.15, 0.2) is 143 Å². The van der Waals surface area contributed by atoms with Crippen molar-refractivity contribution >= 4 is 57.9 Å². The molecule has 0 saturated heterocycles. The van der Waals surface area contributed by atoms with Crippen molar-refractivity contribution in [3.63, 3.8) is 0 Å². The van der Waals surface area contributed by atoms with Gasteiger partial charge in [-0.2, -0.15) is 0 Å². The minimum atomic E-state index is -0.284. The predicted molar refractivity (Wildman–Crippen MR) is 197 cm³/mol. The summed E-state index contributed by atoms with van der Waals surface area (Å²) in [6.45, 7) is 0. The van der Waals surface area contributed by atoms with E-state index < -0.39 is 0 Å². The number of benzene rings is 5. The summed E-state index contributed by atoms with van der Waals surface area (Å²) in [5.41, 5.74) is 5.45. The predicted octanol–water partition coefficient (Wildman–Crippen LogP) is 7.51. The molecule has 0 aromatic heterocycles. The van der Waals surface area contributed by atoms with E-state index in [4.69, 9.17) is 9.98 Å². The molecular formula is C38H38N8O2. The minimum Gasteiger partial charge on any atom is -0.349 e. The van der Waals surface area contributed by atoms with Gasteiger partial charge < -0.3 is 31.1 Å². The quantitative estimate of drug-likeness (QED) is 0.103. The van der Waals surface area contributed by atoms with Crippen molar-refractivity contribution in [2.75, 3.05) is 49.5 Å². The normalized spacial score (nSPS) is 11.3. The van der Waals surface area contributed by atoms with Crippen molar-refractivity contribution in [2.24, 2.45) is 9.98 Å². The van der Waals surface area contributed by atoms with E-state index in [1.54, 1.807) is 48.5 Å². The largest absolute Gasteiger partial charge is 0.349 e. The molecule has 4 N–H and O–H groups in total. The van der Waals surface area contributed by atoms with Gasteiger partial charge in [0.1, 0.15) is 0 Å². The highest BCUT2D eigenvalue weighted by Gasteiger charge is 2.11. The highest BCUT2D eigenvalue weighted by molar-refractivity contribution is 6.07. The maximum atomic E-state index is 12.9. The van der Waals surface area contributed by atoms with E-state index in [0.717, 1.165) is 22.7 Å². The monoisotopic (exact) mass is 638 g/mol. The lowest BCUT2D eigenvalue weighted by Crippen LogP contribution is -2.29. The van der Waals surface area contributed by atoms with E-state index in [1.165, 1.54) is 0 Å². The van der Waals surface area contributed by atoms with Crippen LogP contribution in [0.4, 0.5) is 34.1 Å². The summed E-state index contributed by atoms with van der Waals surface area (Å²) in [5, 5.41) is 12.4. The summed E-state index contributed by atoms with van der Waals surface area (Å²) in [6, 6.07) is 40.7. The van der Waals surface area contributed by atoms with Gasteiger partial charge in [0.15, 0.2) is 0 Å². The molecule has 0 radical (unpaired) electrons. The number of amides is 2. The SMILES string of the molecule is CN(C)C(=Nc1ccc(NC(=O)c2ccc(C(=O)Nc3ccc(N=C(Nc4ccccc4)N(C)C)cc3)cc2)cc1)Nc1ccccc1. The summed E-state index contributed by atoms with van der Waals surface area (Å²) < 4.78 is 0. The fourth-order valence-corrected chi connectivity index (χ4v) is 4.44. The lowest BCUT2D eigenvalue weighted by molar-refractivity contribution is 0.101. The molecule has 5 aromatic rings. The highest BCUT2D eigenvalue weighted by atomic mass is 16.2. The first kappa shape index (κ1) is 33.0. The number of hydrogen-bond acceptors (Lipinski definition) is 4. The standard InChI is InChI=1S/C38H38N8O2/c1-45(2)37(41-29-11-7-5-8-12-29)43-33-23-19-31(20-24-33)39-35(47)27-15-17-28(18-16-27)36(48)40-32-21-25-34(26-22-32)44-38(46(3)4)42-30-13-9-6-10-14-30/h5-26H,1-4H3,(H,39,47)(H,40,48)(H,41,43)(H,42,44). The minimum absolute atomic E-state index is 0.284.